The fraction of sp³-hybridized carbons (Fsp3) is 0.167. The quantitative estimate of drug-likeness (QED) is 0.764. The highest BCUT2D eigenvalue weighted by Crippen LogP contribution is 2.22. The topological polar surface area (TPSA) is 25.8 Å². The fourth-order valence-electron chi connectivity index (χ4n) is 1.39. The first kappa shape index (κ1) is 11.7. The van der Waals surface area contributed by atoms with E-state index in [1.807, 2.05) is 37.3 Å². The van der Waals surface area contributed by atoms with E-state index in [1.165, 1.54) is 0 Å². The molecule has 1 aromatic heterocycles. The second kappa shape index (κ2) is 5.06. The van der Waals surface area contributed by atoms with Crippen LogP contribution in [-0.2, 0) is 6.42 Å². The first-order valence-electron chi connectivity index (χ1n) is 4.98. The van der Waals surface area contributed by atoms with Gasteiger partial charge >= 0.3 is 0 Å². The maximum Gasteiger partial charge on any atom is 0.130 e. The lowest BCUT2D eigenvalue weighted by atomic mass is 10.1. The van der Waals surface area contributed by atoms with Crippen molar-refractivity contribution in [3.8, 4) is 11.3 Å². The maximum atomic E-state index is 4.50. The summed E-state index contributed by atoms with van der Waals surface area (Å²) >= 11 is 6.82. The van der Waals surface area contributed by atoms with Gasteiger partial charge in [0.25, 0.3) is 0 Å². The predicted molar refractivity (Wildman–Crippen MR) is 72.2 cm³/mol. The molecule has 0 bridgehead atoms. The zero-order valence-corrected chi connectivity index (χ0v) is 11.9. The Hall–Kier alpha value is -0.740. The Morgan fingerprint density at radius 1 is 1.06 bits per heavy atom. The van der Waals surface area contributed by atoms with E-state index in [9.17, 15) is 0 Å². The molecular weight excluding hydrogens is 332 g/mol. The highest BCUT2D eigenvalue weighted by molar-refractivity contribution is 9.10. The van der Waals surface area contributed by atoms with Crippen molar-refractivity contribution in [2.45, 2.75) is 13.3 Å². The largest absolute Gasteiger partial charge is 0.233 e. The zero-order chi connectivity index (χ0) is 11.5. The molecule has 82 valence electrons. The summed E-state index contributed by atoms with van der Waals surface area (Å²) in [5, 5.41) is 0. The molecule has 0 aliphatic rings. The van der Waals surface area contributed by atoms with Gasteiger partial charge in [0.05, 0.1) is 5.69 Å². The second-order valence-electron chi connectivity index (χ2n) is 3.35. The Kier molecular flexibility index (Phi) is 3.71. The van der Waals surface area contributed by atoms with E-state index in [4.69, 9.17) is 0 Å². The van der Waals surface area contributed by atoms with E-state index >= 15 is 0 Å². The number of hydrogen-bond acceptors (Lipinski definition) is 2. The summed E-state index contributed by atoms with van der Waals surface area (Å²) in [6, 6.07) is 10.0. The van der Waals surface area contributed by atoms with Gasteiger partial charge in [-0.3, -0.25) is 0 Å². The third kappa shape index (κ3) is 2.68. The molecule has 2 aromatic rings. The molecule has 0 fully saturated rings. The van der Waals surface area contributed by atoms with Crippen molar-refractivity contribution in [2.24, 2.45) is 0 Å². The molecule has 0 aliphatic carbocycles. The number of aryl methyl sites for hydroxylation is 1. The molecule has 0 N–H and O–H groups in total. The monoisotopic (exact) mass is 340 g/mol. The van der Waals surface area contributed by atoms with Crippen LogP contribution in [0.5, 0.6) is 0 Å². The van der Waals surface area contributed by atoms with E-state index in [-0.39, 0.29) is 0 Å². The summed E-state index contributed by atoms with van der Waals surface area (Å²) in [4.78, 5) is 8.79. The number of benzene rings is 1. The molecule has 16 heavy (non-hydrogen) atoms. The van der Waals surface area contributed by atoms with Crippen LogP contribution in [0.15, 0.2) is 39.4 Å². The van der Waals surface area contributed by atoms with E-state index in [0.717, 1.165) is 32.6 Å². The summed E-state index contributed by atoms with van der Waals surface area (Å²) in [6.45, 7) is 2.05. The minimum absolute atomic E-state index is 0.831. The summed E-state index contributed by atoms with van der Waals surface area (Å²) < 4.78 is 1.90. The van der Waals surface area contributed by atoms with Crippen LogP contribution in [0.1, 0.15) is 12.7 Å². The van der Waals surface area contributed by atoms with E-state index in [1.54, 1.807) is 0 Å². The Morgan fingerprint density at radius 3 is 2.38 bits per heavy atom. The molecule has 1 heterocycles. The molecule has 0 amide bonds. The lowest BCUT2D eigenvalue weighted by Gasteiger charge is -2.04. The van der Waals surface area contributed by atoms with Gasteiger partial charge in [-0.15, -0.1) is 0 Å². The molecule has 0 saturated carbocycles. The third-order valence-corrected chi connectivity index (χ3v) is 3.13. The van der Waals surface area contributed by atoms with Gasteiger partial charge in [0.2, 0.25) is 0 Å². The lowest BCUT2D eigenvalue weighted by Crippen LogP contribution is -1.95. The molecule has 0 spiro atoms. The fourth-order valence-corrected chi connectivity index (χ4v) is 2.08. The van der Waals surface area contributed by atoms with E-state index in [0.29, 0.717) is 0 Å². The summed E-state index contributed by atoms with van der Waals surface area (Å²) in [6.07, 6.45) is 0.836. The number of hydrogen-bond donors (Lipinski definition) is 0. The molecule has 1 aromatic carbocycles. The van der Waals surface area contributed by atoms with Crippen LogP contribution in [0.4, 0.5) is 0 Å². The van der Waals surface area contributed by atoms with Crippen molar-refractivity contribution in [1.82, 2.24) is 9.97 Å². The predicted octanol–water partition coefficient (Wildman–Crippen LogP) is 4.23. The first-order valence-corrected chi connectivity index (χ1v) is 6.57. The van der Waals surface area contributed by atoms with Crippen LogP contribution in [0.3, 0.4) is 0 Å². The maximum absolute atomic E-state index is 4.50. The van der Waals surface area contributed by atoms with Crippen LogP contribution in [0.25, 0.3) is 11.3 Å². The van der Waals surface area contributed by atoms with Crippen molar-refractivity contribution in [3.05, 3.63) is 45.2 Å². The van der Waals surface area contributed by atoms with Gasteiger partial charge in [0.1, 0.15) is 10.4 Å². The summed E-state index contributed by atoms with van der Waals surface area (Å²) in [7, 11) is 0. The van der Waals surface area contributed by atoms with Crippen molar-refractivity contribution in [1.29, 1.82) is 0 Å². The normalized spacial score (nSPS) is 10.4. The molecule has 0 aliphatic heterocycles. The SMILES string of the molecule is CCc1nc(Br)cc(-c2ccc(Br)cc2)n1. The Labute approximate surface area is 111 Å². The van der Waals surface area contributed by atoms with Gasteiger partial charge in [-0.2, -0.15) is 0 Å². The lowest BCUT2D eigenvalue weighted by molar-refractivity contribution is 0.931. The average molecular weight is 342 g/mol. The van der Waals surface area contributed by atoms with Crippen LogP contribution < -0.4 is 0 Å². The first-order chi connectivity index (χ1) is 7.69. The minimum atomic E-state index is 0.831. The Bertz CT molecular complexity index is 495. The van der Waals surface area contributed by atoms with E-state index < -0.39 is 0 Å². The van der Waals surface area contributed by atoms with Gasteiger partial charge in [0.15, 0.2) is 0 Å². The standard InChI is InChI=1S/C12H10Br2N2/c1-2-12-15-10(7-11(14)16-12)8-3-5-9(13)6-4-8/h3-7H,2H2,1H3. The van der Waals surface area contributed by atoms with Gasteiger partial charge in [-0.1, -0.05) is 35.0 Å². The van der Waals surface area contributed by atoms with Gasteiger partial charge in [-0.25, -0.2) is 9.97 Å². The van der Waals surface area contributed by atoms with Crippen molar-refractivity contribution >= 4 is 31.9 Å². The highest BCUT2D eigenvalue weighted by atomic mass is 79.9. The number of nitrogens with zero attached hydrogens (tertiary/aromatic N) is 2. The molecular formula is C12H10Br2N2. The molecule has 0 atom stereocenters. The third-order valence-electron chi connectivity index (χ3n) is 2.20. The zero-order valence-electron chi connectivity index (χ0n) is 8.74. The van der Waals surface area contributed by atoms with Crippen LogP contribution in [0.2, 0.25) is 0 Å². The molecule has 0 unspecified atom stereocenters. The second-order valence-corrected chi connectivity index (χ2v) is 5.08. The van der Waals surface area contributed by atoms with Crippen molar-refractivity contribution in [3.63, 3.8) is 0 Å². The molecule has 0 saturated heterocycles. The number of aromatic nitrogens is 2. The molecule has 2 nitrogen and oxygen atoms in total. The van der Waals surface area contributed by atoms with Crippen molar-refractivity contribution in [2.75, 3.05) is 0 Å². The molecule has 0 radical (unpaired) electrons. The van der Waals surface area contributed by atoms with E-state index in [2.05, 4.69) is 41.8 Å². The molecule has 2 rings (SSSR count). The number of halogens is 2. The Morgan fingerprint density at radius 2 is 1.75 bits per heavy atom. The van der Waals surface area contributed by atoms with Crippen molar-refractivity contribution < 1.29 is 0 Å². The highest BCUT2D eigenvalue weighted by Gasteiger charge is 2.03. The van der Waals surface area contributed by atoms with Crippen LogP contribution >= 0.6 is 31.9 Å². The van der Waals surface area contributed by atoms with Crippen LogP contribution in [0, 0.1) is 0 Å². The number of rotatable bonds is 2. The van der Waals surface area contributed by atoms with Gasteiger partial charge in [0, 0.05) is 16.5 Å². The molecule has 4 heteroatoms. The Balaban J connectivity index is 2.47. The van der Waals surface area contributed by atoms with Gasteiger partial charge in [-0.05, 0) is 34.1 Å². The van der Waals surface area contributed by atoms with Gasteiger partial charge < -0.3 is 0 Å². The summed E-state index contributed by atoms with van der Waals surface area (Å²) in [5.41, 5.74) is 2.05. The minimum Gasteiger partial charge on any atom is -0.233 e. The average Bonchev–Trinajstić information content (AvgIpc) is 2.29. The summed E-state index contributed by atoms with van der Waals surface area (Å²) in [5.74, 6) is 0.854. The van der Waals surface area contributed by atoms with Crippen LogP contribution in [-0.4, -0.2) is 9.97 Å². The smallest absolute Gasteiger partial charge is 0.130 e.